The summed E-state index contributed by atoms with van der Waals surface area (Å²) >= 11 is 0. The molecule has 1 saturated heterocycles. The molecule has 1 fully saturated rings. The minimum Gasteiger partial charge on any atom is -0.458 e. The second-order valence-corrected chi connectivity index (χ2v) is 6.87. The van der Waals surface area contributed by atoms with Crippen molar-refractivity contribution in [1.29, 1.82) is 0 Å². The summed E-state index contributed by atoms with van der Waals surface area (Å²) < 4.78 is 5.41. The van der Waals surface area contributed by atoms with E-state index >= 15 is 0 Å². The fourth-order valence-corrected chi connectivity index (χ4v) is 3.68. The Bertz CT molecular complexity index is 770. The lowest BCUT2D eigenvalue weighted by atomic mass is 9.95. The first-order chi connectivity index (χ1) is 11.8. The molecule has 1 unspecified atom stereocenters. The van der Waals surface area contributed by atoms with Crippen molar-refractivity contribution in [2.24, 2.45) is 0 Å². The van der Waals surface area contributed by atoms with E-state index in [1.807, 2.05) is 13.8 Å². The van der Waals surface area contributed by atoms with Crippen LogP contribution in [0.25, 0.3) is 0 Å². The van der Waals surface area contributed by atoms with Crippen LogP contribution < -0.4 is 4.90 Å². The highest BCUT2D eigenvalue weighted by molar-refractivity contribution is 6.15. The monoisotopic (exact) mass is 342 g/mol. The smallest absolute Gasteiger partial charge is 0.354 e. The van der Waals surface area contributed by atoms with Crippen molar-refractivity contribution < 1.29 is 19.1 Å². The van der Waals surface area contributed by atoms with E-state index in [1.54, 1.807) is 31.2 Å². The van der Waals surface area contributed by atoms with E-state index in [-0.39, 0.29) is 37.3 Å². The Morgan fingerprint density at radius 1 is 1.32 bits per heavy atom. The van der Waals surface area contributed by atoms with Crippen LogP contribution >= 0.6 is 0 Å². The van der Waals surface area contributed by atoms with Gasteiger partial charge in [0.2, 0.25) is 11.6 Å². The Kier molecular flexibility index (Phi) is 4.14. The maximum absolute atomic E-state index is 13.1. The van der Waals surface area contributed by atoms with Gasteiger partial charge in [-0.2, -0.15) is 0 Å². The molecule has 0 spiro atoms. The Hall–Kier alpha value is -2.63. The lowest BCUT2D eigenvalue weighted by molar-refractivity contribution is -0.157. The molecule has 0 bridgehead atoms. The minimum absolute atomic E-state index is 0.0599. The van der Waals surface area contributed by atoms with Gasteiger partial charge in [0, 0.05) is 18.9 Å². The number of ether oxygens (including phenoxy) is 1. The molecule has 1 atom stereocenters. The topological polar surface area (TPSA) is 66.9 Å². The van der Waals surface area contributed by atoms with Gasteiger partial charge in [-0.25, -0.2) is 4.79 Å². The number of nitrogens with zero attached hydrogens (tertiary/aromatic N) is 2. The number of hydrogen-bond donors (Lipinski definition) is 0. The number of carbonyl (C=O) groups excluding carboxylic acids is 3. The average Bonchev–Trinajstić information content (AvgIpc) is 2.91. The maximum atomic E-state index is 13.1. The van der Waals surface area contributed by atoms with Crippen LogP contribution in [-0.2, 0) is 14.3 Å². The molecule has 2 aliphatic rings. The zero-order valence-corrected chi connectivity index (χ0v) is 14.7. The van der Waals surface area contributed by atoms with E-state index < -0.39 is 11.6 Å². The Balaban J connectivity index is 2.18. The molecule has 2 heterocycles. The molecule has 0 aromatic heterocycles. The molecule has 0 N–H and O–H groups in total. The third kappa shape index (κ3) is 2.44. The zero-order chi connectivity index (χ0) is 18.4. The van der Waals surface area contributed by atoms with Crippen LogP contribution in [0.4, 0.5) is 5.69 Å². The summed E-state index contributed by atoms with van der Waals surface area (Å²) in [6.07, 6.45) is 0.409. The maximum Gasteiger partial charge on any atom is 0.354 e. The van der Waals surface area contributed by atoms with Gasteiger partial charge in [-0.1, -0.05) is 18.7 Å². The third-order valence-corrected chi connectivity index (χ3v) is 4.59. The number of esters is 1. The van der Waals surface area contributed by atoms with Gasteiger partial charge < -0.3 is 9.64 Å². The van der Waals surface area contributed by atoms with Crippen molar-refractivity contribution in [1.82, 2.24) is 4.90 Å². The molecule has 132 valence electrons. The second-order valence-electron chi connectivity index (χ2n) is 6.87. The number of amides is 2. The molecule has 0 saturated carbocycles. The number of benzene rings is 1. The molecule has 2 aliphatic heterocycles. The van der Waals surface area contributed by atoms with Gasteiger partial charge in [-0.3, -0.25) is 14.5 Å². The number of hydrogen-bond acceptors (Lipinski definition) is 4. The number of carbonyl (C=O) groups is 3. The zero-order valence-electron chi connectivity index (χ0n) is 14.7. The van der Waals surface area contributed by atoms with Gasteiger partial charge in [0.05, 0.1) is 11.3 Å². The summed E-state index contributed by atoms with van der Waals surface area (Å²) in [6, 6.07) is 6.62. The Morgan fingerprint density at radius 3 is 2.64 bits per heavy atom. The lowest BCUT2D eigenvalue weighted by Crippen LogP contribution is -2.70. The number of para-hydroxylation sites is 1. The molecule has 6 heteroatoms. The van der Waals surface area contributed by atoms with E-state index in [0.717, 1.165) is 0 Å². The van der Waals surface area contributed by atoms with Crippen LogP contribution in [0.2, 0.25) is 0 Å². The number of rotatable bonds is 4. The molecule has 0 radical (unpaired) electrons. The van der Waals surface area contributed by atoms with Gasteiger partial charge in [0.25, 0.3) is 5.91 Å². The summed E-state index contributed by atoms with van der Waals surface area (Å²) in [5.74, 6) is -1.03. The first-order valence-corrected chi connectivity index (χ1v) is 8.38. The molecule has 6 nitrogen and oxygen atoms in total. The summed E-state index contributed by atoms with van der Waals surface area (Å²) in [5.41, 5.74) is 0.166. The molecule has 0 aliphatic carbocycles. The van der Waals surface area contributed by atoms with Gasteiger partial charge in [0.1, 0.15) is 6.61 Å². The largest absolute Gasteiger partial charge is 0.458 e. The van der Waals surface area contributed by atoms with Gasteiger partial charge in [0.15, 0.2) is 0 Å². The SMILES string of the molecule is C=C(C)COC(=O)C12CCC(=O)N1c1ccccc1C(=O)N2C(C)C. The highest BCUT2D eigenvalue weighted by Gasteiger charge is 2.62. The van der Waals surface area contributed by atoms with Gasteiger partial charge in [-0.05, 0) is 38.5 Å². The highest BCUT2D eigenvalue weighted by atomic mass is 16.5. The van der Waals surface area contributed by atoms with Crippen molar-refractivity contribution in [3.05, 3.63) is 42.0 Å². The van der Waals surface area contributed by atoms with Crippen LogP contribution in [0.5, 0.6) is 0 Å². The summed E-state index contributed by atoms with van der Waals surface area (Å²) in [4.78, 5) is 41.8. The van der Waals surface area contributed by atoms with Gasteiger partial charge in [-0.15, -0.1) is 0 Å². The van der Waals surface area contributed by atoms with Crippen molar-refractivity contribution >= 4 is 23.5 Å². The van der Waals surface area contributed by atoms with Crippen LogP contribution in [0.15, 0.2) is 36.4 Å². The molecular formula is C19H22N2O4. The van der Waals surface area contributed by atoms with Crippen molar-refractivity contribution in [2.75, 3.05) is 11.5 Å². The molecule has 3 rings (SSSR count). The summed E-state index contributed by atoms with van der Waals surface area (Å²) in [6.45, 7) is 9.22. The normalized spacial score (nSPS) is 22.1. The fourth-order valence-electron chi connectivity index (χ4n) is 3.68. The molecule has 1 aromatic rings. The van der Waals surface area contributed by atoms with Crippen molar-refractivity contribution in [2.45, 2.75) is 45.3 Å². The minimum atomic E-state index is -1.42. The van der Waals surface area contributed by atoms with E-state index in [4.69, 9.17) is 4.74 Å². The molecule has 25 heavy (non-hydrogen) atoms. The standard InChI is InChI=1S/C19H22N2O4/c1-12(2)11-25-18(24)19-10-9-16(22)21(19)15-8-6-5-7-14(15)17(23)20(19)13(3)4/h5-8,13H,1,9-11H2,2-4H3. The summed E-state index contributed by atoms with van der Waals surface area (Å²) in [5, 5.41) is 0. The Morgan fingerprint density at radius 2 is 2.00 bits per heavy atom. The quantitative estimate of drug-likeness (QED) is 0.623. The first-order valence-electron chi connectivity index (χ1n) is 8.38. The van der Waals surface area contributed by atoms with E-state index in [1.165, 1.54) is 9.80 Å². The molecular weight excluding hydrogens is 320 g/mol. The number of fused-ring (bicyclic) bond motifs is 3. The van der Waals surface area contributed by atoms with E-state index in [0.29, 0.717) is 16.8 Å². The van der Waals surface area contributed by atoms with Crippen molar-refractivity contribution in [3.63, 3.8) is 0 Å². The van der Waals surface area contributed by atoms with E-state index in [9.17, 15) is 14.4 Å². The Labute approximate surface area is 147 Å². The van der Waals surface area contributed by atoms with Gasteiger partial charge >= 0.3 is 5.97 Å². The van der Waals surface area contributed by atoms with Crippen molar-refractivity contribution in [3.8, 4) is 0 Å². The summed E-state index contributed by atoms with van der Waals surface area (Å²) in [7, 11) is 0. The molecule has 2 amide bonds. The fraction of sp³-hybridized carbons (Fsp3) is 0.421. The van der Waals surface area contributed by atoms with Crippen LogP contribution in [0.3, 0.4) is 0 Å². The first kappa shape index (κ1) is 17.2. The lowest BCUT2D eigenvalue weighted by Gasteiger charge is -2.50. The predicted molar refractivity (Wildman–Crippen MR) is 93.0 cm³/mol. The predicted octanol–water partition coefficient (Wildman–Crippen LogP) is 2.49. The van der Waals surface area contributed by atoms with Crippen LogP contribution in [0.1, 0.15) is 44.0 Å². The van der Waals surface area contributed by atoms with Crippen LogP contribution in [-0.4, -0.2) is 41.0 Å². The second kappa shape index (κ2) is 6.02. The highest BCUT2D eigenvalue weighted by Crippen LogP contribution is 2.45. The average molecular weight is 342 g/mol. The molecule has 1 aromatic carbocycles. The van der Waals surface area contributed by atoms with Crippen LogP contribution in [0, 0.1) is 0 Å². The van der Waals surface area contributed by atoms with E-state index in [2.05, 4.69) is 6.58 Å². The third-order valence-electron chi connectivity index (χ3n) is 4.59. The number of anilines is 1.